The molecule has 0 radical (unpaired) electrons. The second-order valence-electron chi connectivity index (χ2n) is 6.58. The van der Waals surface area contributed by atoms with Crippen molar-refractivity contribution >= 4 is 36.5 Å². The Kier molecular flexibility index (Phi) is 8.81. The van der Waals surface area contributed by atoms with Crippen LogP contribution in [0.2, 0.25) is 0 Å². The van der Waals surface area contributed by atoms with Crippen LogP contribution in [0.25, 0.3) is 0 Å². The van der Waals surface area contributed by atoms with Gasteiger partial charge in [0.1, 0.15) is 5.82 Å². The van der Waals surface area contributed by atoms with Crippen LogP contribution >= 0.6 is 24.8 Å². The number of hydrogen-bond donors (Lipinski definition) is 3. The molecule has 4 N–H and O–H groups in total. The summed E-state index contributed by atoms with van der Waals surface area (Å²) in [5.74, 6) is 2.26. The lowest BCUT2D eigenvalue weighted by Crippen LogP contribution is -2.45. The summed E-state index contributed by atoms with van der Waals surface area (Å²) >= 11 is 0. The van der Waals surface area contributed by atoms with E-state index in [2.05, 4.69) is 15.6 Å². The monoisotopic (exact) mass is 374 g/mol. The highest BCUT2D eigenvalue weighted by Gasteiger charge is 2.48. The number of aromatic nitrogens is 1. The third-order valence-electron chi connectivity index (χ3n) is 5.16. The number of anilines is 1. The van der Waals surface area contributed by atoms with E-state index in [1.165, 1.54) is 12.8 Å². The standard InChI is InChI=1S/C17H26N4O.2ClH/c18-16-13-7-6-12(11-13)15(16)17(22)21-10-4-3-9-20-14-5-1-2-8-19-14;;/h1-2,5,8,12-13,15-16H,3-4,6-7,9-11,18H2,(H,19,20)(H,21,22);2*1H. The summed E-state index contributed by atoms with van der Waals surface area (Å²) < 4.78 is 0. The summed E-state index contributed by atoms with van der Waals surface area (Å²) in [4.78, 5) is 16.5. The Hall–Kier alpha value is -1.04. The highest BCUT2D eigenvalue weighted by Crippen LogP contribution is 2.47. The molecule has 0 aliphatic heterocycles. The van der Waals surface area contributed by atoms with E-state index in [1.54, 1.807) is 6.20 Å². The van der Waals surface area contributed by atoms with Crippen LogP contribution in [0, 0.1) is 17.8 Å². The summed E-state index contributed by atoms with van der Waals surface area (Å²) in [5, 5.41) is 6.35. The molecule has 3 rings (SSSR count). The van der Waals surface area contributed by atoms with E-state index >= 15 is 0 Å². The van der Waals surface area contributed by atoms with Gasteiger partial charge in [-0.05, 0) is 56.1 Å². The van der Waals surface area contributed by atoms with Crippen molar-refractivity contribution in [3.63, 3.8) is 0 Å². The molecule has 0 spiro atoms. The van der Waals surface area contributed by atoms with Crippen molar-refractivity contribution in [3.05, 3.63) is 24.4 Å². The maximum atomic E-state index is 12.3. The molecule has 2 fully saturated rings. The first-order chi connectivity index (χ1) is 10.8. The van der Waals surface area contributed by atoms with Crippen LogP contribution < -0.4 is 16.4 Å². The van der Waals surface area contributed by atoms with Gasteiger partial charge in [0.15, 0.2) is 0 Å². The fourth-order valence-corrected chi connectivity index (χ4v) is 3.99. The van der Waals surface area contributed by atoms with E-state index in [9.17, 15) is 4.79 Å². The van der Waals surface area contributed by atoms with Crippen molar-refractivity contribution in [1.29, 1.82) is 0 Å². The van der Waals surface area contributed by atoms with Gasteiger partial charge in [-0.2, -0.15) is 0 Å². The van der Waals surface area contributed by atoms with E-state index in [0.717, 1.165) is 38.2 Å². The molecule has 2 saturated carbocycles. The van der Waals surface area contributed by atoms with E-state index < -0.39 is 0 Å². The number of nitrogens with two attached hydrogens (primary N) is 1. The minimum Gasteiger partial charge on any atom is -0.370 e. The van der Waals surface area contributed by atoms with Gasteiger partial charge in [-0.15, -0.1) is 24.8 Å². The average molecular weight is 375 g/mol. The summed E-state index contributed by atoms with van der Waals surface area (Å²) in [7, 11) is 0. The third-order valence-corrected chi connectivity index (χ3v) is 5.16. The molecule has 0 aromatic carbocycles. The molecule has 1 aromatic rings. The SMILES string of the molecule is Cl.Cl.NC1C2CCC(C2)C1C(=O)NCCCCNc1ccccn1. The molecule has 4 atom stereocenters. The maximum absolute atomic E-state index is 12.3. The van der Waals surface area contributed by atoms with Crippen LogP contribution in [0.1, 0.15) is 32.1 Å². The fraction of sp³-hybridized carbons (Fsp3) is 0.647. The lowest BCUT2D eigenvalue weighted by Gasteiger charge is -2.27. The number of carbonyl (C=O) groups excluding carboxylic acids is 1. The van der Waals surface area contributed by atoms with Gasteiger partial charge in [0.25, 0.3) is 0 Å². The Morgan fingerprint density at radius 1 is 1.17 bits per heavy atom. The third kappa shape index (κ3) is 4.98. The van der Waals surface area contributed by atoms with Gasteiger partial charge in [0.2, 0.25) is 5.91 Å². The number of carbonyl (C=O) groups is 1. The quantitative estimate of drug-likeness (QED) is 0.640. The summed E-state index contributed by atoms with van der Waals surface area (Å²) in [6, 6.07) is 5.91. The molecular weight excluding hydrogens is 347 g/mol. The second-order valence-corrected chi connectivity index (χ2v) is 6.58. The first kappa shape index (κ1) is 21.0. The first-order valence-electron chi connectivity index (χ1n) is 8.44. The zero-order valence-corrected chi connectivity index (χ0v) is 15.5. The lowest BCUT2D eigenvalue weighted by atomic mass is 9.84. The van der Waals surface area contributed by atoms with Crippen LogP contribution in [0.15, 0.2) is 24.4 Å². The predicted octanol–water partition coefficient (Wildman–Crippen LogP) is 2.61. The minimum atomic E-state index is 0. The molecule has 2 bridgehead atoms. The lowest BCUT2D eigenvalue weighted by molar-refractivity contribution is -0.127. The highest BCUT2D eigenvalue weighted by molar-refractivity contribution is 5.85. The van der Waals surface area contributed by atoms with Gasteiger partial charge in [0.05, 0.1) is 5.92 Å². The van der Waals surface area contributed by atoms with Gasteiger partial charge in [-0.25, -0.2) is 4.98 Å². The summed E-state index contributed by atoms with van der Waals surface area (Å²) in [6.07, 6.45) is 7.33. The maximum Gasteiger partial charge on any atom is 0.224 e. The van der Waals surface area contributed by atoms with Crippen LogP contribution in [-0.4, -0.2) is 30.0 Å². The van der Waals surface area contributed by atoms with Gasteiger partial charge < -0.3 is 16.4 Å². The van der Waals surface area contributed by atoms with Crippen molar-refractivity contribution < 1.29 is 4.79 Å². The van der Waals surface area contributed by atoms with E-state index in [0.29, 0.717) is 11.8 Å². The molecule has 136 valence electrons. The van der Waals surface area contributed by atoms with E-state index in [-0.39, 0.29) is 42.7 Å². The molecule has 2 aliphatic rings. The molecule has 5 nitrogen and oxygen atoms in total. The molecule has 7 heteroatoms. The van der Waals surface area contributed by atoms with Crippen molar-refractivity contribution in [3.8, 4) is 0 Å². The predicted molar refractivity (Wildman–Crippen MR) is 102 cm³/mol. The zero-order valence-electron chi connectivity index (χ0n) is 13.8. The van der Waals surface area contributed by atoms with Crippen molar-refractivity contribution in [1.82, 2.24) is 10.3 Å². The Balaban J connectivity index is 0.00000144. The van der Waals surface area contributed by atoms with Gasteiger partial charge in [-0.1, -0.05) is 6.07 Å². The first-order valence-corrected chi connectivity index (χ1v) is 8.44. The number of nitrogens with zero attached hydrogens (tertiary/aromatic N) is 1. The Bertz CT molecular complexity index is 501. The number of rotatable bonds is 7. The molecule has 1 aromatic heterocycles. The smallest absolute Gasteiger partial charge is 0.224 e. The highest BCUT2D eigenvalue weighted by atomic mass is 35.5. The Morgan fingerprint density at radius 3 is 2.58 bits per heavy atom. The average Bonchev–Trinajstić information content (AvgIpc) is 3.12. The number of unbranched alkanes of at least 4 members (excludes halogenated alkanes) is 1. The molecule has 1 amide bonds. The van der Waals surface area contributed by atoms with Crippen molar-refractivity contribution in [2.75, 3.05) is 18.4 Å². The second kappa shape index (κ2) is 10.1. The minimum absolute atomic E-state index is 0. The fourth-order valence-electron chi connectivity index (χ4n) is 3.99. The van der Waals surface area contributed by atoms with Crippen molar-refractivity contribution in [2.24, 2.45) is 23.5 Å². The molecule has 0 saturated heterocycles. The number of halogens is 2. The molecule has 1 heterocycles. The zero-order chi connectivity index (χ0) is 15.4. The van der Waals surface area contributed by atoms with Gasteiger partial charge in [0, 0.05) is 25.3 Å². The van der Waals surface area contributed by atoms with Crippen LogP contribution in [0.3, 0.4) is 0 Å². The van der Waals surface area contributed by atoms with Crippen molar-refractivity contribution in [2.45, 2.75) is 38.1 Å². The largest absolute Gasteiger partial charge is 0.370 e. The van der Waals surface area contributed by atoms with E-state index in [4.69, 9.17) is 5.73 Å². The number of hydrogen-bond acceptors (Lipinski definition) is 4. The number of nitrogens with one attached hydrogen (secondary N) is 2. The van der Waals surface area contributed by atoms with Crippen LogP contribution in [-0.2, 0) is 4.79 Å². The molecule has 24 heavy (non-hydrogen) atoms. The normalized spacial score (nSPS) is 27.0. The molecule has 2 aliphatic carbocycles. The Labute approximate surface area is 156 Å². The van der Waals surface area contributed by atoms with Gasteiger partial charge >= 0.3 is 0 Å². The summed E-state index contributed by atoms with van der Waals surface area (Å²) in [5.41, 5.74) is 6.20. The van der Waals surface area contributed by atoms with Gasteiger partial charge in [-0.3, -0.25) is 4.79 Å². The molecule has 4 unspecified atom stereocenters. The topological polar surface area (TPSA) is 80.0 Å². The number of fused-ring (bicyclic) bond motifs is 2. The summed E-state index contributed by atoms with van der Waals surface area (Å²) in [6.45, 7) is 1.61. The number of amides is 1. The van der Waals surface area contributed by atoms with Crippen LogP contribution in [0.4, 0.5) is 5.82 Å². The van der Waals surface area contributed by atoms with Crippen LogP contribution in [0.5, 0.6) is 0 Å². The number of pyridine rings is 1. The Morgan fingerprint density at radius 2 is 1.92 bits per heavy atom. The molecular formula is C17H28Cl2N4O. The van der Waals surface area contributed by atoms with E-state index in [1.807, 2.05) is 18.2 Å².